The molecule has 2 rings (SSSR count). The molecule has 0 spiro atoms. The molecule has 4 nitrogen and oxygen atoms in total. The van der Waals surface area contributed by atoms with Crippen LogP contribution in [-0.2, 0) is 6.54 Å². The van der Waals surface area contributed by atoms with Gasteiger partial charge in [-0.1, -0.05) is 17.3 Å². The average molecular weight is 248 g/mol. The van der Waals surface area contributed by atoms with Crippen molar-refractivity contribution in [1.82, 2.24) is 10.1 Å². The molecule has 0 saturated carbocycles. The van der Waals surface area contributed by atoms with Gasteiger partial charge in [-0.25, -0.2) is 4.39 Å². The van der Waals surface area contributed by atoms with Crippen molar-refractivity contribution in [3.05, 3.63) is 53.2 Å². The molecule has 0 atom stereocenters. The smallest absolute Gasteiger partial charge is 0.292 e. The van der Waals surface area contributed by atoms with Crippen molar-refractivity contribution in [2.24, 2.45) is 0 Å². The molecule has 0 aliphatic carbocycles. The first-order valence-electron chi connectivity index (χ1n) is 5.49. The topological polar surface area (TPSA) is 46.3 Å². The van der Waals surface area contributed by atoms with Gasteiger partial charge in [0.25, 0.3) is 5.91 Å². The van der Waals surface area contributed by atoms with Crippen molar-refractivity contribution in [2.45, 2.75) is 13.5 Å². The van der Waals surface area contributed by atoms with E-state index in [1.54, 1.807) is 32.2 Å². The zero-order valence-corrected chi connectivity index (χ0v) is 10.2. The SMILES string of the molecule is Cc1cc(C(=O)N(C)Cc2cccc(F)c2)on1. The van der Waals surface area contributed by atoms with Crippen LogP contribution in [0.2, 0.25) is 0 Å². The number of aryl methyl sites for hydroxylation is 1. The number of hydrogen-bond acceptors (Lipinski definition) is 3. The van der Waals surface area contributed by atoms with Gasteiger partial charge in [0.2, 0.25) is 5.76 Å². The molecule has 1 aromatic carbocycles. The third-order valence-corrected chi connectivity index (χ3v) is 2.49. The average Bonchev–Trinajstić information content (AvgIpc) is 2.75. The lowest BCUT2D eigenvalue weighted by atomic mass is 10.2. The molecule has 0 aliphatic heterocycles. The van der Waals surface area contributed by atoms with E-state index >= 15 is 0 Å². The molecule has 0 saturated heterocycles. The van der Waals surface area contributed by atoms with E-state index in [4.69, 9.17) is 4.52 Å². The van der Waals surface area contributed by atoms with Crippen LogP contribution in [0.1, 0.15) is 21.8 Å². The van der Waals surface area contributed by atoms with Crippen molar-refractivity contribution in [3.8, 4) is 0 Å². The number of halogens is 1. The summed E-state index contributed by atoms with van der Waals surface area (Å²) in [5, 5.41) is 3.66. The van der Waals surface area contributed by atoms with Crippen LogP contribution in [0.5, 0.6) is 0 Å². The maximum Gasteiger partial charge on any atom is 0.292 e. The predicted octanol–water partition coefficient (Wildman–Crippen LogP) is 2.39. The van der Waals surface area contributed by atoms with Gasteiger partial charge >= 0.3 is 0 Å². The molecular formula is C13H13FN2O2. The van der Waals surface area contributed by atoms with E-state index in [2.05, 4.69) is 5.16 Å². The van der Waals surface area contributed by atoms with Crippen molar-refractivity contribution in [2.75, 3.05) is 7.05 Å². The summed E-state index contributed by atoms with van der Waals surface area (Å²) >= 11 is 0. The molecule has 18 heavy (non-hydrogen) atoms. The minimum atomic E-state index is -0.316. The Morgan fingerprint density at radius 2 is 2.22 bits per heavy atom. The van der Waals surface area contributed by atoms with Gasteiger partial charge in [-0.15, -0.1) is 0 Å². The summed E-state index contributed by atoms with van der Waals surface area (Å²) in [6.45, 7) is 2.06. The van der Waals surface area contributed by atoms with E-state index in [1.165, 1.54) is 17.0 Å². The lowest BCUT2D eigenvalue weighted by Crippen LogP contribution is -2.25. The maximum absolute atomic E-state index is 13.0. The number of amides is 1. The van der Waals surface area contributed by atoms with E-state index in [0.29, 0.717) is 12.2 Å². The lowest BCUT2D eigenvalue weighted by Gasteiger charge is -2.15. The third kappa shape index (κ3) is 2.74. The maximum atomic E-state index is 13.0. The highest BCUT2D eigenvalue weighted by atomic mass is 19.1. The Morgan fingerprint density at radius 1 is 1.44 bits per heavy atom. The fourth-order valence-electron chi connectivity index (χ4n) is 1.63. The molecule has 5 heteroatoms. The second-order valence-electron chi connectivity index (χ2n) is 4.12. The van der Waals surface area contributed by atoms with Crippen LogP contribution in [0.15, 0.2) is 34.9 Å². The first-order chi connectivity index (χ1) is 8.56. The minimum absolute atomic E-state index is 0.186. The quantitative estimate of drug-likeness (QED) is 0.837. The van der Waals surface area contributed by atoms with Crippen LogP contribution in [0.3, 0.4) is 0 Å². The van der Waals surface area contributed by atoms with Gasteiger partial charge < -0.3 is 9.42 Å². The zero-order valence-electron chi connectivity index (χ0n) is 10.2. The molecule has 0 bridgehead atoms. The predicted molar refractivity (Wildman–Crippen MR) is 63.4 cm³/mol. The van der Waals surface area contributed by atoms with Crippen LogP contribution >= 0.6 is 0 Å². The summed E-state index contributed by atoms with van der Waals surface area (Å²) in [6.07, 6.45) is 0. The standard InChI is InChI=1S/C13H13FN2O2/c1-9-6-12(18-15-9)13(17)16(2)8-10-4-3-5-11(14)7-10/h3-7H,8H2,1-2H3. The van der Waals surface area contributed by atoms with Crippen molar-refractivity contribution in [1.29, 1.82) is 0 Å². The normalized spacial score (nSPS) is 10.4. The summed E-state index contributed by atoms with van der Waals surface area (Å²) in [4.78, 5) is 13.4. The molecule has 0 radical (unpaired) electrons. The number of carbonyl (C=O) groups is 1. The molecule has 2 aromatic rings. The number of aromatic nitrogens is 1. The highest BCUT2D eigenvalue weighted by Crippen LogP contribution is 2.10. The Balaban J connectivity index is 2.08. The Hall–Kier alpha value is -2.17. The Morgan fingerprint density at radius 3 is 2.83 bits per heavy atom. The molecule has 0 N–H and O–H groups in total. The fraction of sp³-hybridized carbons (Fsp3) is 0.231. The largest absolute Gasteiger partial charge is 0.351 e. The second kappa shape index (κ2) is 5.00. The van der Waals surface area contributed by atoms with E-state index < -0.39 is 0 Å². The lowest BCUT2D eigenvalue weighted by molar-refractivity contribution is 0.0743. The molecule has 94 valence electrons. The summed E-state index contributed by atoms with van der Waals surface area (Å²) in [6, 6.07) is 7.71. The monoisotopic (exact) mass is 248 g/mol. The van der Waals surface area contributed by atoms with Crippen LogP contribution < -0.4 is 0 Å². The molecule has 1 aromatic heterocycles. The molecule has 0 aliphatic rings. The van der Waals surface area contributed by atoms with Gasteiger partial charge in [0.1, 0.15) is 5.82 Å². The Labute approximate surface area is 104 Å². The molecule has 0 fully saturated rings. The van der Waals surface area contributed by atoms with Crippen molar-refractivity contribution < 1.29 is 13.7 Å². The van der Waals surface area contributed by atoms with Gasteiger partial charge in [-0.05, 0) is 24.6 Å². The summed E-state index contributed by atoms with van der Waals surface area (Å²) < 4.78 is 17.9. The number of hydrogen-bond donors (Lipinski definition) is 0. The Kier molecular flexibility index (Phi) is 3.41. The van der Waals surface area contributed by atoms with Gasteiger partial charge in [-0.3, -0.25) is 4.79 Å². The first kappa shape index (κ1) is 12.3. The van der Waals surface area contributed by atoms with E-state index in [-0.39, 0.29) is 17.5 Å². The summed E-state index contributed by atoms with van der Waals surface area (Å²) in [7, 11) is 1.63. The molecule has 0 unspecified atom stereocenters. The van der Waals surface area contributed by atoms with Crippen LogP contribution in [0.25, 0.3) is 0 Å². The van der Waals surface area contributed by atoms with Gasteiger partial charge in [0.05, 0.1) is 5.69 Å². The van der Waals surface area contributed by atoms with Crippen molar-refractivity contribution in [3.63, 3.8) is 0 Å². The number of nitrogens with zero attached hydrogens (tertiary/aromatic N) is 2. The molecule has 1 heterocycles. The number of carbonyl (C=O) groups excluding carboxylic acids is 1. The second-order valence-corrected chi connectivity index (χ2v) is 4.12. The number of rotatable bonds is 3. The summed E-state index contributed by atoms with van der Waals surface area (Å²) in [5.41, 5.74) is 1.37. The highest BCUT2D eigenvalue weighted by molar-refractivity contribution is 5.91. The highest BCUT2D eigenvalue weighted by Gasteiger charge is 2.16. The van der Waals surface area contributed by atoms with Crippen LogP contribution in [0.4, 0.5) is 4.39 Å². The van der Waals surface area contributed by atoms with Crippen LogP contribution in [-0.4, -0.2) is 23.0 Å². The fourth-order valence-corrected chi connectivity index (χ4v) is 1.63. The van der Waals surface area contributed by atoms with E-state index in [9.17, 15) is 9.18 Å². The zero-order chi connectivity index (χ0) is 13.1. The van der Waals surface area contributed by atoms with Crippen LogP contribution in [0, 0.1) is 12.7 Å². The minimum Gasteiger partial charge on any atom is -0.351 e. The molecular weight excluding hydrogens is 235 g/mol. The number of benzene rings is 1. The van der Waals surface area contributed by atoms with E-state index in [0.717, 1.165) is 5.56 Å². The summed E-state index contributed by atoms with van der Waals surface area (Å²) in [5.74, 6) is -0.407. The third-order valence-electron chi connectivity index (χ3n) is 2.49. The van der Waals surface area contributed by atoms with E-state index in [1.807, 2.05) is 0 Å². The van der Waals surface area contributed by atoms with Gasteiger partial charge in [0.15, 0.2) is 0 Å². The first-order valence-corrected chi connectivity index (χ1v) is 5.49. The Bertz CT molecular complexity index is 566. The van der Waals surface area contributed by atoms with Gasteiger partial charge in [0, 0.05) is 19.7 Å². The van der Waals surface area contributed by atoms with Gasteiger partial charge in [-0.2, -0.15) is 0 Å². The van der Waals surface area contributed by atoms with Crippen molar-refractivity contribution >= 4 is 5.91 Å². The molecule has 1 amide bonds.